The number of sulfone groups is 1. The minimum atomic E-state index is -3.14. The zero-order valence-electron chi connectivity index (χ0n) is 13.1. The van der Waals surface area contributed by atoms with Crippen molar-refractivity contribution in [1.82, 2.24) is 9.80 Å². The molecule has 0 unspecified atom stereocenters. The summed E-state index contributed by atoms with van der Waals surface area (Å²) in [5.41, 5.74) is 0.926. The van der Waals surface area contributed by atoms with Gasteiger partial charge in [-0.05, 0) is 18.6 Å². The molecule has 122 valence electrons. The maximum Gasteiger partial charge on any atom is 0.179 e. The second-order valence-corrected chi connectivity index (χ2v) is 8.26. The average Bonchev–Trinajstić information content (AvgIpc) is 2.62. The Bertz CT molecular complexity index is 618. The maximum absolute atomic E-state index is 12.3. The topological polar surface area (TPSA) is 49.9 Å². The van der Waals surface area contributed by atoms with Crippen LogP contribution in [-0.4, -0.2) is 69.4 Å². The van der Waals surface area contributed by atoms with E-state index in [2.05, 4.69) is 16.7 Å². The number of rotatable bonds is 3. The monoisotopic (exact) mass is 324 g/mol. The summed E-state index contributed by atoms with van der Waals surface area (Å²) >= 11 is 0. The summed E-state index contributed by atoms with van der Waals surface area (Å²) < 4.78 is 30.2. The molecule has 2 aliphatic rings. The van der Waals surface area contributed by atoms with Gasteiger partial charge in [-0.2, -0.15) is 0 Å². The van der Waals surface area contributed by atoms with Gasteiger partial charge < -0.3 is 4.74 Å². The molecule has 0 spiro atoms. The molecular weight excluding hydrogens is 300 g/mol. The van der Waals surface area contributed by atoms with Crippen LogP contribution in [0.15, 0.2) is 29.2 Å². The summed E-state index contributed by atoms with van der Waals surface area (Å²) in [4.78, 5) is 5.17. The van der Waals surface area contributed by atoms with Crippen LogP contribution in [0.25, 0.3) is 0 Å². The number of nitrogens with zero attached hydrogens (tertiary/aromatic N) is 2. The predicted octanol–water partition coefficient (Wildman–Crippen LogP) is 0.997. The lowest BCUT2D eigenvalue weighted by molar-refractivity contribution is -0.0206. The summed E-state index contributed by atoms with van der Waals surface area (Å²) in [5.74, 6) is 0.212. The molecule has 2 aliphatic heterocycles. The first-order valence-corrected chi connectivity index (χ1v) is 9.57. The van der Waals surface area contributed by atoms with Gasteiger partial charge in [0.05, 0.1) is 23.4 Å². The molecule has 1 saturated heterocycles. The van der Waals surface area contributed by atoms with E-state index >= 15 is 0 Å². The van der Waals surface area contributed by atoms with Crippen LogP contribution in [0.1, 0.15) is 12.5 Å². The van der Waals surface area contributed by atoms with Crippen molar-refractivity contribution in [2.75, 3.05) is 45.1 Å². The Balaban J connectivity index is 1.64. The second-order valence-electron chi connectivity index (χ2n) is 6.18. The molecule has 1 atom stereocenters. The van der Waals surface area contributed by atoms with Crippen LogP contribution in [-0.2, 0) is 21.1 Å². The molecule has 0 radical (unpaired) electrons. The molecule has 0 N–H and O–H groups in total. The van der Waals surface area contributed by atoms with Crippen LogP contribution >= 0.6 is 0 Å². The Morgan fingerprint density at radius 2 is 1.95 bits per heavy atom. The first-order valence-electron chi connectivity index (χ1n) is 7.91. The Labute approximate surface area is 132 Å². The Morgan fingerprint density at radius 3 is 2.77 bits per heavy atom. The third-order valence-electron chi connectivity index (χ3n) is 4.44. The van der Waals surface area contributed by atoms with Gasteiger partial charge in [0.15, 0.2) is 9.84 Å². The fourth-order valence-electron chi connectivity index (χ4n) is 3.18. The highest BCUT2D eigenvalue weighted by atomic mass is 32.2. The first kappa shape index (κ1) is 15.9. The molecule has 1 aromatic rings. The average molecular weight is 324 g/mol. The van der Waals surface area contributed by atoms with Crippen molar-refractivity contribution in [3.63, 3.8) is 0 Å². The van der Waals surface area contributed by atoms with Crippen LogP contribution in [0.5, 0.6) is 0 Å². The van der Waals surface area contributed by atoms with E-state index in [0.29, 0.717) is 17.5 Å². The number of morpholine rings is 1. The summed E-state index contributed by atoms with van der Waals surface area (Å²) in [5, 5.41) is 0. The second kappa shape index (κ2) is 6.66. The molecular formula is C16H24N2O3S. The highest BCUT2D eigenvalue weighted by Crippen LogP contribution is 2.22. The Kier molecular flexibility index (Phi) is 4.82. The molecule has 0 saturated carbocycles. The summed E-state index contributed by atoms with van der Waals surface area (Å²) in [7, 11) is -3.14. The molecule has 22 heavy (non-hydrogen) atoms. The van der Waals surface area contributed by atoms with Gasteiger partial charge in [0.2, 0.25) is 0 Å². The lowest BCUT2D eigenvalue weighted by atomic mass is 10.2. The van der Waals surface area contributed by atoms with Crippen molar-refractivity contribution >= 4 is 9.84 Å². The van der Waals surface area contributed by atoms with Crippen LogP contribution in [0.2, 0.25) is 0 Å². The molecule has 0 amide bonds. The van der Waals surface area contributed by atoms with Crippen molar-refractivity contribution < 1.29 is 13.2 Å². The van der Waals surface area contributed by atoms with Gasteiger partial charge in [0, 0.05) is 39.3 Å². The number of fused-ring (bicyclic) bond motifs is 1. The predicted molar refractivity (Wildman–Crippen MR) is 85.6 cm³/mol. The standard InChI is InChI=1S/C16H24N2O3S/c1-14-12-17(8-10-21-14)6-7-18-9-11-22(19,20)16-5-3-2-4-15(16)13-18/h2-5,14H,6-13H2,1H3/t14-/m1/s1. The SMILES string of the molecule is C[C@@H]1CN(CCN2CCS(=O)(=O)c3ccccc3C2)CCO1. The van der Waals surface area contributed by atoms with Gasteiger partial charge in [0.1, 0.15) is 0 Å². The summed E-state index contributed by atoms with van der Waals surface area (Å²) in [6.07, 6.45) is 0.291. The van der Waals surface area contributed by atoms with Crippen LogP contribution in [0.3, 0.4) is 0 Å². The lowest BCUT2D eigenvalue weighted by Gasteiger charge is -2.32. The molecule has 5 nitrogen and oxygen atoms in total. The van der Waals surface area contributed by atoms with Crippen molar-refractivity contribution in [1.29, 1.82) is 0 Å². The minimum absolute atomic E-state index is 0.212. The van der Waals surface area contributed by atoms with Gasteiger partial charge >= 0.3 is 0 Å². The molecule has 0 aromatic heterocycles. The number of benzene rings is 1. The van der Waals surface area contributed by atoms with E-state index in [-0.39, 0.29) is 5.75 Å². The summed E-state index contributed by atoms with van der Waals surface area (Å²) in [6.45, 7) is 8.01. The molecule has 1 fully saturated rings. The van der Waals surface area contributed by atoms with Crippen molar-refractivity contribution in [2.45, 2.75) is 24.5 Å². The largest absolute Gasteiger partial charge is 0.376 e. The Morgan fingerprint density at radius 1 is 1.18 bits per heavy atom. The van der Waals surface area contributed by atoms with Crippen LogP contribution < -0.4 is 0 Å². The van der Waals surface area contributed by atoms with Crippen molar-refractivity contribution in [3.8, 4) is 0 Å². The van der Waals surface area contributed by atoms with E-state index < -0.39 is 9.84 Å². The van der Waals surface area contributed by atoms with Crippen molar-refractivity contribution in [3.05, 3.63) is 29.8 Å². The van der Waals surface area contributed by atoms with Gasteiger partial charge in [0.25, 0.3) is 0 Å². The van der Waals surface area contributed by atoms with Crippen LogP contribution in [0.4, 0.5) is 0 Å². The highest BCUT2D eigenvalue weighted by Gasteiger charge is 2.25. The number of hydrogen-bond acceptors (Lipinski definition) is 5. The smallest absolute Gasteiger partial charge is 0.179 e. The molecule has 2 heterocycles. The van der Waals surface area contributed by atoms with E-state index in [1.165, 1.54) is 0 Å². The van der Waals surface area contributed by atoms with Gasteiger partial charge in [-0.1, -0.05) is 18.2 Å². The van der Waals surface area contributed by atoms with E-state index in [1.807, 2.05) is 12.1 Å². The first-order chi connectivity index (χ1) is 10.5. The lowest BCUT2D eigenvalue weighted by Crippen LogP contribution is -2.44. The molecule has 0 aliphatic carbocycles. The quantitative estimate of drug-likeness (QED) is 0.830. The number of hydrogen-bond donors (Lipinski definition) is 0. The van der Waals surface area contributed by atoms with Gasteiger partial charge in [-0.3, -0.25) is 9.80 Å². The van der Waals surface area contributed by atoms with E-state index in [4.69, 9.17) is 4.74 Å². The third-order valence-corrected chi connectivity index (χ3v) is 6.22. The van der Waals surface area contributed by atoms with Gasteiger partial charge in [-0.15, -0.1) is 0 Å². The zero-order valence-corrected chi connectivity index (χ0v) is 13.9. The van der Waals surface area contributed by atoms with E-state index in [1.54, 1.807) is 12.1 Å². The van der Waals surface area contributed by atoms with Crippen molar-refractivity contribution in [2.24, 2.45) is 0 Å². The van der Waals surface area contributed by atoms with E-state index in [0.717, 1.165) is 44.9 Å². The normalized spacial score (nSPS) is 26.3. The minimum Gasteiger partial charge on any atom is -0.376 e. The molecule has 1 aromatic carbocycles. The van der Waals surface area contributed by atoms with Crippen LogP contribution in [0, 0.1) is 0 Å². The molecule has 3 rings (SSSR count). The fraction of sp³-hybridized carbons (Fsp3) is 0.625. The fourth-order valence-corrected chi connectivity index (χ4v) is 4.72. The molecule has 6 heteroatoms. The van der Waals surface area contributed by atoms with E-state index in [9.17, 15) is 8.42 Å². The number of ether oxygens (including phenoxy) is 1. The third kappa shape index (κ3) is 3.68. The zero-order chi connectivity index (χ0) is 15.6. The maximum atomic E-state index is 12.3. The Hall–Kier alpha value is -0.950. The van der Waals surface area contributed by atoms with Gasteiger partial charge in [-0.25, -0.2) is 8.42 Å². The summed E-state index contributed by atoms with van der Waals surface area (Å²) in [6, 6.07) is 7.39. The molecule has 0 bridgehead atoms. The highest BCUT2D eigenvalue weighted by molar-refractivity contribution is 7.91.